The van der Waals surface area contributed by atoms with Gasteiger partial charge >= 0.3 is 5.97 Å². The summed E-state index contributed by atoms with van der Waals surface area (Å²) in [6, 6.07) is 9.63. The summed E-state index contributed by atoms with van der Waals surface area (Å²) in [5, 5.41) is 3.48. The minimum atomic E-state index is -0.375. The molecule has 0 aliphatic heterocycles. The lowest BCUT2D eigenvalue weighted by Crippen LogP contribution is -2.15. The van der Waals surface area contributed by atoms with Crippen LogP contribution in [0.15, 0.2) is 36.4 Å². The van der Waals surface area contributed by atoms with Crippen LogP contribution < -0.4 is 5.32 Å². The van der Waals surface area contributed by atoms with Crippen molar-refractivity contribution in [2.75, 3.05) is 12.4 Å². The first kappa shape index (κ1) is 18.4. The van der Waals surface area contributed by atoms with Crippen LogP contribution in [-0.4, -0.2) is 19.0 Å². The Bertz CT molecular complexity index is 823. The molecule has 2 aromatic rings. The summed E-state index contributed by atoms with van der Waals surface area (Å²) in [5.41, 5.74) is 2.53. The molecule has 0 radical (unpaired) electrons. The highest BCUT2D eigenvalue weighted by Gasteiger charge is 2.29. The van der Waals surface area contributed by atoms with Crippen LogP contribution in [0.5, 0.6) is 0 Å². The van der Waals surface area contributed by atoms with Crippen LogP contribution in [-0.2, 0) is 22.4 Å². The maximum absolute atomic E-state index is 12.3. The van der Waals surface area contributed by atoms with E-state index in [4.69, 9.17) is 4.74 Å². The van der Waals surface area contributed by atoms with E-state index < -0.39 is 0 Å². The Morgan fingerprint density at radius 2 is 2.08 bits per heavy atom. The van der Waals surface area contributed by atoms with E-state index in [0.29, 0.717) is 16.5 Å². The number of carbonyl (C=O) groups excluding carboxylic acids is 2. The van der Waals surface area contributed by atoms with Crippen molar-refractivity contribution in [2.24, 2.45) is 5.92 Å². The van der Waals surface area contributed by atoms with E-state index in [2.05, 4.69) is 12.2 Å². The molecule has 1 N–H and O–H groups in total. The number of hydrogen-bond donors (Lipinski definition) is 1. The Labute approximate surface area is 157 Å². The zero-order valence-corrected chi connectivity index (χ0v) is 15.9. The van der Waals surface area contributed by atoms with Crippen LogP contribution in [0.3, 0.4) is 0 Å². The van der Waals surface area contributed by atoms with Gasteiger partial charge in [0.15, 0.2) is 0 Å². The Kier molecular flexibility index (Phi) is 5.89. The summed E-state index contributed by atoms with van der Waals surface area (Å²) in [7, 11) is 1.38. The summed E-state index contributed by atoms with van der Waals surface area (Å²) in [6.07, 6.45) is 7.29. The molecule has 3 rings (SSSR count). The summed E-state index contributed by atoms with van der Waals surface area (Å²) < 4.78 is 4.96. The Morgan fingerprint density at radius 3 is 2.77 bits per heavy atom. The van der Waals surface area contributed by atoms with E-state index in [1.54, 1.807) is 6.08 Å². The minimum Gasteiger partial charge on any atom is -0.465 e. The van der Waals surface area contributed by atoms with Crippen molar-refractivity contribution in [1.29, 1.82) is 0 Å². The lowest BCUT2D eigenvalue weighted by molar-refractivity contribution is -0.111. The molecule has 136 valence electrons. The second-order valence-corrected chi connectivity index (χ2v) is 7.56. The predicted molar refractivity (Wildman–Crippen MR) is 106 cm³/mol. The van der Waals surface area contributed by atoms with Crippen molar-refractivity contribution in [3.8, 4) is 0 Å². The van der Waals surface area contributed by atoms with Crippen LogP contribution in [0.4, 0.5) is 5.00 Å². The maximum Gasteiger partial charge on any atom is 0.341 e. The number of carbonyl (C=O) groups is 2. The summed E-state index contributed by atoms with van der Waals surface area (Å²) in [5.74, 6) is 0.0256. The molecule has 0 saturated carbocycles. The van der Waals surface area contributed by atoms with Crippen molar-refractivity contribution < 1.29 is 14.3 Å². The highest BCUT2D eigenvalue weighted by Crippen LogP contribution is 2.40. The number of methoxy groups -OCH3 is 1. The van der Waals surface area contributed by atoms with Crippen LogP contribution in [0.1, 0.15) is 46.1 Å². The van der Waals surface area contributed by atoms with Gasteiger partial charge in [-0.2, -0.15) is 0 Å². The molecule has 1 atom stereocenters. The number of thiophene rings is 1. The van der Waals surface area contributed by atoms with Gasteiger partial charge < -0.3 is 10.1 Å². The van der Waals surface area contributed by atoms with Gasteiger partial charge in [-0.1, -0.05) is 43.7 Å². The van der Waals surface area contributed by atoms with Gasteiger partial charge in [0, 0.05) is 11.0 Å². The molecule has 1 aromatic heterocycles. The number of ether oxygens (including phenoxy) is 1. The third-order valence-electron chi connectivity index (χ3n) is 4.80. The Balaban J connectivity index is 1.82. The largest absolute Gasteiger partial charge is 0.465 e. The number of rotatable bonds is 5. The summed E-state index contributed by atoms with van der Waals surface area (Å²) in [4.78, 5) is 25.8. The van der Waals surface area contributed by atoms with Gasteiger partial charge in [-0.15, -0.1) is 11.3 Å². The summed E-state index contributed by atoms with van der Waals surface area (Å²) >= 11 is 1.51. The van der Waals surface area contributed by atoms with E-state index in [1.165, 1.54) is 29.4 Å². The van der Waals surface area contributed by atoms with E-state index >= 15 is 0 Å². The number of nitrogens with one attached hydrogen (secondary N) is 1. The van der Waals surface area contributed by atoms with Gasteiger partial charge in [-0.3, -0.25) is 4.79 Å². The monoisotopic (exact) mass is 369 g/mol. The smallest absolute Gasteiger partial charge is 0.341 e. The van der Waals surface area contributed by atoms with Gasteiger partial charge in [0.25, 0.3) is 0 Å². The van der Waals surface area contributed by atoms with Crippen molar-refractivity contribution in [2.45, 2.75) is 32.6 Å². The first-order chi connectivity index (χ1) is 12.6. The lowest BCUT2D eigenvalue weighted by Gasteiger charge is -2.20. The molecule has 26 heavy (non-hydrogen) atoms. The zero-order chi connectivity index (χ0) is 18.5. The third kappa shape index (κ3) is 4.05. The molecule has 1 amide bonds. The fourth-order valence-electron chi connectivity index (χ4n) is 3.30. The SMILES string of the molecule is CCC1CCc2c(sc(NC(=O)C=Cc3ccccc3)c2C(=O)OC)C1. The fourth-order valence-corrected chi connectivity index (χ4v) is 4.65. The number of fused-ring (bicyclic) bond motifs is 1. The molecule has 5 heteroatoms. The van der Waals surface area contributed by atoms with Gasteiger partial charge in [-0.25, -0.2) is 4.79 Å². The Hall–Kier alpha value is -2.40. The number of esters is 1. The quantitative estimate of drug-likeness (QED) is 0.614. The number of benzene rings is 1. The molecule has 0 fully saturated rings. The zero-order valence-electron chi connectivity index (χ0n) is 15.1. The average molecular weight is 369 g/mol. The third-order valence-corrected chi connectivity index (χ3v) is 5.97. The molecular weight excluding hydrogens is 346 g/mol. The van der Waals surface area contributed by atoms with Crippen LogP contribution in [0.2, 0.25) is 0 Å². The van der Waals surface area contributed by atoms with Gasteiger partial charge in [0.1, 0.15) is 5.00 Å². The first-order valence-corrected chi connectivity index (χ1v) is 9.71. The molecule has 1 aromatic carbocycles. The van der Waals surface area contributed by atoms with Crippen molar-refractivity contribution in [1.82, 2.24) is 0 Å². The number of amides is 1. The van der Waals surface area contributed by atoms with E-state index in [9.17, 15) is 9.59 Å². The highest BCUT2D eigenvalue weighted by atomic mass is 32.1. The highest BCUT2D eigenvalue weighted by molar-refractivity contribution is 7.17. The molecule has 0 bridgehead atoms. The maximum atomic E-state index is 12.3. The van der Waals surface area contributed by atoms with Crippen LogP contribution in [0.25, 0.3) is 6.08 Å². The topological polar surface area (TPSA) is 55.4 Å². The predicted octanol–water partition coefficient (Wildman–Crippen LogP) is 4.70. The normalized spacial score (nSPS) is 16.3. The number of anilines is 1. The first-order valence-electron chi connectivity index (χ1n) is 8.89. The minimum absolute atomic E-state index is 0.246. The second-order valence-electron chi connectivity index (χ2n) is 6.45. The van der Waals surface area contributed by atoms with Gasteiger partial charge in [0.2, 0.25) is 5.91 Å². The van der Waals surface area contributed by atoms with E-state index in [-0.39, 0.29) is 11.9 Å². The molecule has 0 spiro atoms. The van der Waals surface area contributed by atoms with Crippen LogP contribution in [0, 0.1) is 5.92 Å². The lowest BCUT2D eigenvalue weighted by atomic mass is 9.86. The van der Waals surface area contributed by atoms with Gasteiger partial charge in [-0.05, 0) is 42.4 Å². The van der Waals surface area contributed by atoms with E-state index in [0.717, 1.165) is 36.8 Å². The van der Waals surface area contributed by atoms with Crippen molar-refractivity contribution in [3.05, 3.63) is 58.0 Å². The molecule has 1 heterocycles. The molecule has 1 unspecified atom stereocenters. The molecule has 1 aliphatic carbocycles. The van der Waals surface area contributed by atoms with Crippen molar-refractivity contribution >= 4 is 34.3 Å². The Morgan fingerprint density at radius 1 is 1.31 bits per heavy atom. The van der Waals surface area contributed by atoms with Gasteiger partial charge in [0.05, 0.1) is 12.7 Å². The standard InChI is InChI=1S/C21H23NO3S/c1-3-14-9-11-16-17(13-14)26-20(19(16)21(24)25-2)22-18(23)12-10-15-7-5-4-6-8-15/h4-8,10,12,14H,3,9,11,13H2,1-2H3,(H,22,23). The molecule has 1 aliphatic rings. The second kappa shape index (κ2) is 8.32. The molecule has 4 nitrogen and oxygen atoms in total. The fraction of sp³-hybridized carbons (Fsp3) is 0.333. The van der Waals surface area contributed by atoms with E-state index in [1.807, 2.05) is 30.3 Å². The average Bonchev–Trinajstić information content (AvgIpc) is 3.03. The molecular formula is C21H23NO3S. The van der Waals surface area contributed by atoms with Crippen molar-refractivity contribution in [3.63, 3.8) is 0 Å². The van der Waals surface area contributed by atoms with Crippen LogP contribution >= 0.6 is 11.3 Å². The number of hydrogen-bond acceptors (Lipinski definition) is 4. The summed E-state index contributed by atoms with van der Waals surface area (Å²) in [6.45, 7) is 2.20. The molecule has 0 saturated heterocycles.